The highest BCUT2D eigenvalue weighted by Gasteiger charge is 2.35. The van der Waals surface area contributed by atoms with E-state index < -0.39 is 12.0 Å². The Bertz CT molecular complexity index is 1060. The molecule has 0 bridgehead atoms. The van der Waals surface area contributed by atoms with Crippen LogP contribution in [0.25, 0.3) is 10.9 Å². The van der Waals surface area contributed by atoms with Crippen molar-refractivity contribution in [2.75, 3.05) is 18.8 Å². The lowest BCUT2D eigenvalue weighted by Crippen LogP contribution is -2.41. The number of carbonyl (C=O) groups excluding carboxylic acids is 2. The lowest BCUT2D eigenvalue weighted by atomic mass is 10.2. The smallest absolute Gasteiger partial charge is 0.350 e. The van der Waals surface area contributed by atoms with Crippen molar-refractivity contribution in [1.82, 2.24) is 20.2 Å². The van der Waals surface area contributed by atoms with Gasteiger partial charge in [0.05, 0.1) is 24.4 Å². The lowest BCUT2D eigenvalue weighted by Gasteiger charge is -2.20. The Kier molecular flexibility index (Phi) is 7.50. The third-order valence-corrected chi connectivity index (χ3v) is 6.12. The second kappa shape index (κ2) is 10.1. The van der Waals surface area contributed by atoms with Gasteiger partial charge in [0.2, 0.25) is 17.6 Å². The molecule has 164 valence electrons. The predicted octanol–water partition coefficient (Wildman–Crippen LogP) is 3.97. The van der Waals surface area contributed by atoms with Gasteiger partial charge in [-0.15, -0.1) is 11.3 Å². The molecule has 0 spiro atoms. The van der Waals surface area contributed by atoms with Gasteiger partial charge in [-0.25, -0.2) is 9.97 Å². The van der Waals surface area contributed by atoms with Crippen LogP contribution in [0.15, 0.2) is 46.8 Å². The van der Waals surface area contributed by atoms with E-state index in [0.29, 0.717) is 18.5 Å². The summed E-state index contributed by atoms with van der Waals surface area (Å²) in [6, 6.07) is 10.1. The molecule has 2 aromatic heterocycles. The van der Waals surface area contributed by atoms with Crippen LogP contribution in [0.4, 0.5) is 13.2 Å². The van der Waals surface area contributed by atoms with E-state index in [1.807, 2.05) is 17.5 Å². The summed E-state index contributed by atoms with van der Waals surface area (Å²) in [5.74, 6) is -2.07. The van der Waals surface area contributed by atoms with Gasteiger partial charge in [-0.05, 0) is 24.4 Å². The molecule has 0 saturated heterocycles. The first kappa shape index (κ1) is 23.0. The third-order valence-electron chi connectivity index (χ3n) is 4.26. The van der Waals surface area contributed by atoms with Gasteiger partial charge in [-0.3, -0.25) is 9.59 Å². The number of hydrogen-bond acceptors (Lipinski definition) is 6. The van der Waals surface area contributed by atoms with Gasteiger partial charge in [0.15, 0.2) is 0 Å². The van der Waals surface area contributed by atoms with E-state index in [4.69, 9.17) is 0 Å². The number of thioether (sulfide) groups is 1. The zero-order valence-corrected chi connectivity index (χ0v) is 18.1. The minimum Gasteiger partial charge on any atom is -0.350 e. The van der Waals surface area contributed by atoms with Crippen LogP contribution in [-0.4, -0.2) is 45.5 Å². The molecule has 0 fully saturated rings. The minimum absolute atomic E-state index is 0.0736. The van der Waals surface area contributed by atoms with Crippen LogP contribution in [0.5, 0.6) is 0 Å². The fourth-order valence-electron chi connectivity index (χ4n) is 2.71. The topological polar surface area (TPSA) is 75.2 Å². The Morgan fingerprint density at radius 3 is 2.61 bits per heavy atom. The Balaban J connectivity index is 1.65. The summed E-state index contributed by atoms with van der Waals surface area (Å²) in [7, 11) is 0. The average Bonchev–Trinajstić information content (AvgIpc) is 3.27. The van der Waals surface area contributed by atoms with Crippen LogP contribution < -0.4 is 5.32 Å². The second-order valence-electron chi connectivity index (χ2n) is 6.42. The van der Waals surface area contributed by atoms with Gasteiger partial charge < -0.3 is 10.2 Å². The average molecular weight is 469 g/mol. The van der Waals surface area contributed by atoms with E-state index >= 15 is 0 Å². The Morgan fingerprint density at radius 2 is 1.94 bits per heavy atom. The van der Waals surface area contributed by atoms with Crippen molar-refractivity contribution in [2.24, 2.45) is 0 Å². The molecule has 6 nitrogen and oxygen atoms in total. The number of rotatable bonds is 8. The molecule has 11 heteroatoms. The third kappa shape index (κ3) is 6.17. The summed E-state index contributed by atoms with van der Waals surface area (Å²) in [5, 5.41) is 5.17. The summed E-state index contributed by atoms with van der Waals surface area (Å²) >= 11 is 2.41. The molecule has 0 unspecified atom stereocenters. The number of aromatic nitrogens is 2. The number of alkyl halides is 3. The first-order chi connectivity index (χ1) is 14.8. The monoisotopic (exact) mass is 468 g/mol. The Hall–Kier alpha value is -2.66. The number of carbonyl (C=O) groups is 2. The summed E-state index contributed by atoms with van der Waals surface area (Å²) in [6.07, 6.45) is -4.69. The van der Waals surface area contributed by atoms with Crippen molar-refractivity contribution >= 4 is 45.8 Å². The maximum Gasteiger partial charge on any atom is 0.451 e. The quantitative estimate of drug-likeness (QED) is 0.400. The fraction of sp³-hybridized carbons (Fsp3) is 0.300. The Labute approximate surface area is 184 Å². The summed E-state index contributed by atoms with van der Waals surface area (Å²) in [4.78, 5) is 34.3. The molecule has 0 aliphatic rings. The first-order valence-electron chi connectivity index (χ1n) is 9.31. The standard InChI is InChI=1S/C20H19F3N4O2S2/c1-2-27(11-16(28)24-10-13-6-5-9-30-13)17(29)12-31-18-14-7-3-4-8-15(14)25-19(26-18)20(21,22)23/h3-9H,2,10-12H2,1H3,(H,24,28). The number of fused-ring (bicyclic) bond motifs is 1. The van der Waals surface area contributed by atoms with Gasteiger partial charge in [0.1, 0.15) is 5.03 Å². The van der Waals surface area contributed by atoms with Crippen molar-refractivity contribution < 1.29 is 22.8 Å². The van der Waals surface area contributed by atoms with E-state index in [1.54, 1.807) is 25.1 Å². The van der Waals surface area contributed by atoms with Gasteiger partial charge in [0, 0.05) is 16.8 Å². The van der Waals surface area contributed by atoms with E-state index in [2.05, 4.69) is 15.3 Å². The molecule has 3 aromatic rings. The molecule has 0 aliphatic carbocycles. The second-order valence-corrected chi connectivity index (χ2v) is 8.42. The summed E-state index contributed by atoms with van der Waals surface area (Å²) in [5.41, 5.74) is 0.153. The molecule has 2 heterocycles. The van der Waals surface area contributed by atoms with Crippen LogP contribution >= 0.6 is 23.1 Å². The van der Waals surface area contributed by atoms with Gasteiger partial charge in [-0.2, -0.15) is 13.2 Å². The fourth-order valence-corrected chi connectivity index (χ4v) is 4.28. The zero-order chi connectivity index (χ0) is 22.4. The minimum atomic E-state index is -4.69. The Morgan fingerprint density at radius 1 is 1.16 bits per heavy atom. The van der Waals surface area contributed by atoms with Crippen LogP contribution in [0.3, 0.4) is 0 Å². The molecule has 2 amide bonds. The lowest BCUT2D eigenvalue weighted by molar-refractivity contribution is -0.145. The number of likely N-dealkylation sites (N-methyl/N-ethyl adjacent to an activating group) is 1. The SMILES string of the molecule is CCN(CC(=O)NCc1cccs1)C(=O)CSc1nc(C(F)(F)F)nc2ccccc12. The summed E-state index contributed by atoms with van der Waals surface area (Å²) < 4.78 is 39.4. The number of benzene rings is 1. The number of amides is 2. The molecule has 3 rings (SSSR count). The summed E-state index contributed by atoms with van der Waals surface area (Å²) in [6.45, 7) is 2.28. The largest absolute Gasteiger partial charge is 0.451 e. The van der Waals surface area contributed by atoms with Gasteiger partial charge >= 0.3 is 6.18 Å². The zero-order valence-electron chi connectivity index (χ0n) is 16.5. The highest BCUT2D eigenvalue weighted by atomic mass is 32.2. The maximum atomic E-state index is 13.1. The van der Waals surface area contributed by atoms with Crippen LogP contribution in [0.1, 0.15) is 17.6 Å². The molecule has 1 N–H and O–H groups in total. The normalized spacial score (nSPS) is 11.5. The molecule has 0 atom stereocenters. The van der Waals surface area contributed by atoms with Crippen LogP contribution in [-0.2, 0) is 22.3 Å². The number of nitrogens with zero attached hydrogens (tertiary/aromatic N) is 3. The molecule has 0 radical (unpaired) electrons. The van der Waals surface area contributed by atoms with Crippen molar-refractivity contribution in [3.8, 4) is 0 Å². The number of halogens is 3. The van der Waals surface area contributed by atoms with Crippen LogP contribution in [0, 0.1) is 0 Å². The number of thiophene rings is 1. The van der Waals surface area contributed by atoms with E-state index in [-0.39, 0.29) is 34.7 Å². The number of nitrogens with one attached hydrogen (secondary N) is 1. The molecule has 0 saturated carbocycles. The van der Waals surface area contributed by atoms with Crippen molar-refractivity contribution in [1.29, 1.82) is 0 Å². The van der Waals surface area contributed by atoms with Crippen molar-refractivity contribution in [3.05, 3.63) is 52.5 Å². The van der Waals surface area contributed by atoms with E-state index in [1.165, 1.54) is 22.3 Å². The maximum absolute atomic E-state index is 13.1. The van der Waals surface area contributed by atoms with Gasteiger partial charge in [0.25, 0.3) is 0 Å². The van der Waals surface area contributed by atoms with Crippen molar-refractivity contribution in [2.45, 2.75) is 24.7 Å². The predicted molar refractivity (Wildman–Crippen MR) is 114 cm³/mol. The molecular formula is C20H19F3N4O2S2. The van der Waals surface area contributed by atoms with Gasteiger partial charge in [-0.1, -0.05) is 36.0 Å². The number of hydrogen-bond donors (Lipinski definition) is 1. The molecule has 1 aromatic carbocycles. The van der Waals surface area contributed by atoms with E-state index in [0.717, 1.165) is 16.6 Å². The highest BCUT2D eigenvalue weighted by Crippen LogP contribution is 2.32. The molecule has 31 heavy (non-hydrogen) atoms. The van der Waals surface area contributed by atoms with E-state index in [9.17, 15) is 22.8 Å². The van der Waals surface area contributed by atoms with Crippen LogP contribution in [0.2, 0.25) is 0 Å². The molecular weight excluding hydrogens is 449 g/mol. The first-order valence-corrected chi connectivity index (χ1v) is 11.2. The molecule has 0 aliphatic heterocycles. The van der Waals surface area contributed by atoms with Crippen molar-refractivity contribution in [3.63, 3.8) is 0 Å². The number of para-hydroxylation sites is 1. The highest BCUT2D eigenvalue weighted by molar-refractivity contribution is 8.00.